The van der Waals surface area contributed by atoms with Gasteiger partial charge in [-0.2, -0.15) is 0 Å². The number of hydrogen-bond acceptors (Lipinski definition) is 4. The van der Waals surface area contributed by atoms with Gasteiger partial charge in [-0.1, -0.05) is 12.1 Å². The summed E-state index contributed by atoms with van der Waals surface area (Å²) < 4.78 is 5.58. The number of hydrogen-bond donors (Lipinski definition) is 1. The number of nitrogens with zero attached hydrogens (tertiary/aromatic N) is 1. The van der Waals surface area contributed by atoms with Crippen molar-refractivity contribution in [1.29, 1.82) is 0 Å². The molecule has 2 aromatic carbocycles. The van der Waals surface area contributed by atoms with Crippen LogP contribution in [0.25, 0.3) is 0 Å². The van der Waals surface area contributed by atoms with Crippen LogP contribution >= 0.6 is 0 Å². The molecular weight excluding hydrogens is 244 g/mol. The Morgan fingerprint density at radius 3 is 2.11 bits per heavy atom. The van der Waals surface area contributed by atoms with Crippen LogP contribution in [-0.4, -0.2) is 4.92 Å². The van der Waals surface area contributed by atoms with Gasteiger partial charge in [-0.3, -0.25) is 10.1 Å². The molecule has 0 amide bonds. The van der Waals surface area contributed by atoms with Gasteiger partial charge in [0.1, 0.15) is 12.4 Å². The molecule has 2 rings (SSSR count). The average molecular weight is 258 g/mol. The first kappa shape index (κ1) is 13.0. The Labute approximate surface area is 110 Å². The molecule has 98 valence electrons. The molecule has 0 aliphatic heterocycles. The summed E-state index contributed by atoms with van der Waals surface area (Å²) in [4.78, 5) is 10.1. The van der Waals surface area contributed by atoms with Crippen molar-refractivity contribution < 1.29 is 9.66 Å². The van der Waals surface area contributed by atoms with Gasteiger partial charge in [0, 0.05) is 18.7 Å². The Balaban J connectivity index is 1.95. The summed E-state index contributed by atoms with van der Waals surface area (Å²) in [6, 6.07) is 13.8. The van der Waals surface area contributed by atoms with Gasteiger partial charge >= 0.3 is 0 Å². The first-order valence-electron chi connectivity index (χ1n) is 5.84. The smallest absolute Gasteiger partial charge is 0.269 e. The first-order chi connectivity index (χ1) is 9.19. The van der Waals surface area contributed by atoms with Gasteiger partial charge in [0.25, 0.3) is 5.69 Å². The molecule has 0 fully saturated rings. The lowest BCUT2D eigenvalue weighted by Gasteiger charge is -2.06. The van der Waals surface area contributed by atoms with E-state index in [1.165, 1.54) is 12.1 Å². The predicted octanol–water partition coefficient (Wildman–Crippen LogP) is 2.63. The Hall–Kier alpha value is -2.40. The van der Waals surface area contributed by atoms with Crippen LogP contribution in [0.5, 0.6) is 5.75 Å². The van der Waals surface area contributed by atoms with Crippen molar-refractivity contribution in [1.82, 2.24) is 0 Å². The monoisotopic (exact) mass is 258 g/mol. The Morgan fingerprint density at radius 1 is 1.00 bits per heavy atom. The third-order valence-electron chi connectivity index (χ3n) is 2.71. The molecule has 5 nitrogen and oxygen atoms in total. The van der Waals surface area contributed by atoms with Crippen LogP contribution in [0.1, 0.15) is 11.1 Å². The van der Waals surface area contributed by atoms with Crippen LogP contribution in [0.4, 0.5) is 5.69 Å². The van der Waals surface area contributed by atoms with Crippen molar-refractivity contribution in [2.75, 3.05) is 0 Å². The second-order valence-corrected chi connectivity index (χ2v) is 4.06. The lowest BCUT2D eigenvalue weighted by atomic mass is 10.2. The summed E-state index contributed by atoms with van der Waals surface area (Å²) in [5.74, 6) is 0.746. The van der Waals surface area contributed by atoms with Gasteiger partial charge in [0.15, 0.2) is 0 Å². The molecule has 5 heteroatoms. The highest BCUT2D eigenvalue weighted by atomic mass is 16.6. The van der Waals surface area contributed by atoms with E-state index in [2.05, 4.69) is 0 Å². The molecule has 19 heavy (non-hydrogen) atoms. The molecule has 0 saturated carbocycles. The number of non-ortho nitro benzene ring substituents is 1. The van der Waals surface area contributed by atoms with Crippen molar-refractivity contribution in [2.24, 2.45) is 5.73 Å². The number of nitrogens with two attached hydrogens (primary N) is 1. The maximum absolute atomic E-state index is 10.5. The minimum atomic E-state index is -0.420. The lowest BCUT2D eigenvalue weighted by molar-refractivity contribution is -0.384. The summed E-state index contributed by atoms with van der Waals surface area (Å²) in [6.45, 7) is 0.878. The number of rotatable bonds is 5. The van der Waals surface area contributed by atoms with E-state index in [9.17, 15) is 10.1 Å². The number of nitro benzene ring substituents is 1. The summed E-state index contributed by atoms with van der Waals surface area (Å²) in [7, 11) is 0. The Kier molecular flexibility index (Phi) is 4.10. The predicted molar refractivity (Wildman–Crippen MR) is 71.8 cm³/mol. The fourth-order valence-electron chi connectivity index (χ4n) is 1.60. The molecule has 0 aliphatic carbocycles. The molecule has 0 bridgehead atoms. The molecule has 0 saturated heterocycles. The highest BCUT2D eigenvalue weighted by Crippen LogP contribution is 2.16. The number of benzene rings is 2. The highest BCUT2D eigenvalue weighted by Gasteiger charge is 2.04. The Bertz CT molecular complexity index is 550. The minimum Gasteiger partial charge on any atom is -0.489 e. The third-order valence-corrected chi connectivity index (χ3v) is 2.71. The maximum Gasteiger partial charge on any atom is 0.269 e. The summed E-state index contributed by atoms with van der Waals surface area (Å²) in [5.41, 5.74) is 7.51. The fourth-order valence-corrected chi connectivity index (χ4v) is 1.60. The molecule has 0 spiro atoms. The van der Waals surface area contributed by atoms with Gasteiger partial charge < -0.3 is 10.5 Å². The van der Waals surface area contributed by atoms with Crippen LogP contribution in [0.15, 0.2) is 48.5 Å². The molecule has 0 radical (unpaired) electrons. The summed E-state index contributed by atoms with van der Waals surface area (Å²) in [6.07, 6.45) is 0. The van der Waals surface area contributed by atoms with E-state index in [0.717, 1.165) is 16.9 Å². The van der Waals surface area contributed by atoms with Crippen molar-refractivity contribution >= 4 is 5.69 Å². The van der Waals surface area contributed by atoms with Crippen LogP contribution < -0.4 is 10.5 Å². The molecular formula is C14H14N2O3. The molecule has 2 aromatic rings. The standard InChI is InChI=1S/C14H14N2O3/c15-9-11-3-7-14(8-4-11)19-10-12-1-5-13(6-2-12)16(17)18/h1-8H,9-10,15H2. The Morgan fingerprint density at radius 2 is 1.58 bits per heavy atom. The van der Waals surface area contributed by atoms with Crippen molar-refractivity contribution in [2.45, 2.75) is 13.2 Å². The van der Waals surface area contributed by atoms with E-state index in [4.69, 9.17) is 10.5 Å². The molecule has 0 unspecified atom stereocenters. The van der Waals surface area contributed by atoms with Crippen LogP contribution in [-0.2, 0) is 13.2 Å². The average Bonchev–Trinajstić information content (AvgIpc) is 2.46. The molecule has 0 atom stereocenters. The zero-order chi connectivity index (χ0) is 13.7. The molecule has 0 aliphatic rings. The first-order valence-corrected chi connectivity index (χ1v) is 5.84. The molecule has 0 heterocycles. The van der Waals surface area contributed by atoms with Crippen LogP contribution in [0.2, 0.25) is 0 Å². The summed E-state index contributed by atoms with van der Waals surface area (Å²) >= 11 is 0. The van der Waals surface area contributed by atoms with E-state index in [0.29, 0.717) is 13.2 Å². The molecule has 0 aromatic heterocycles. The SMILES string of the molecule is NCc1ccc(OCc2ccc([N+](=O)[O-])cc2)cc1. The van der Waals surface area contributed by atoms with E-state index in [1.807, 2.05) is 24.3 Å². The zero-order valence-corrected chi connectivity index (χ0v) is 10.3. The van der Waals surface area contributed by atoms with Gasteiger partial charge in [0.2, 0.25) is 0 Å². The van der Waals surface area contributed by atoms with E-state index in [-0.39, 0.29) is 5.69 Å². The number of ether oxygens (including phenoxy) is 1. The highest BCUT2D eigenvalue weighted by molar-refractivity contribution is 5.33. The van der Waals surface area contributed by atoms with E-state index < -0.39 is 4.92 Å². The van der Waals surface area contributed by atoms with Gasteiger partial charge in [-0.25, -0.2) is 0 Å². The largest absolute Gasteiger partial charge is 0.489 e. The van der Waals surface area contributed by atoms with E-state index in [1.54, 1.807) is 12.1 Å². The maximum atomic E-state index is 10.5. The van der Waals surface area contributed by atoms with Gasteiger partial charge in [0.05, 0.1) is 4.92 Å². The minimum absolute atomic E-state index is 0.0797. The lowest BCUT2D eigenvalue weighted by Crippen LogP contribution is -1.98. The van der Waals surface area contributed by atoms with Crippen LogP contribution in [0.3, 0.4) is 0 Å². The summed E-state index contributed by atoms with van der Waals surface area (Å²) in [5, 5.41) is 10.5. The van der Waals surface area contributed by atoms with Crippen LogP contribution in [0, 0.1) is 10.1 Å². The number of nitro groups is 1. The molecule has 2 N–H and O–H groups in total. The normalized spacial score (nSPS) is 10.2. The van der Waals surface area contributed by atoms with Crippen molar-refractivity contribution in [3.63, 3.8) is 0 Å². The van der Waals surface area contributed by atoms with Gasteiger partial charge in [-0.15, -0.1) is 0 Å². The quantitative estimate of drug-likeness (QED) is 0.660. The fraction of sp³-hybridized carbons (Fsp3) is 0.143. The van der Waals surface area contributed by atoms with E-state index >= 15 is 0 Å². The van der Waals surface area contributed by atoms with Gasteiger partial charge in [-0.05, 0) is 35.4 Å². The second-order valence-electron chi connectivity index (χ2n) is 4.06. The van der Waals surface area contributed by atoms with Crippen molar-refractivity contribution in [3.8, 4) is 5.75 Å². The zero-order valence-electron chi connectivity index (χ0n) is 10.3. The topological polar surface area (TPSA) is 78.4 Å². The third kappa shape index (κ3) is 3.53. The second kappa shape index (κ2) is 5.97. The van der Waals surface area contributed by atoms with Crippen molar-refractivity contribution in [3.05, 3.63) is 69.8 Å².